The molecule has 0 saturated carbocycles. The van der Waals surface area contributed by atoms with Gasteiger partial charge in [-0.05, 0) is 46.4 Å². The van der Waals surface area contributed by atoms with E-state index >= 15 is 0 Å². The second kappa shape index (κ2) is 7.59. The van der Waals surface area contributed by atoms with Crippen molar-refractivity contribution in [2.45, 2.75) is 26.2 Å². The van der Waals surface area contributed by atoms with Gasteiger partial charge in [-0.25, -0.2) is 4.57 Å². The SMILES string of the molecule is CC(C)(C)c1ccccc1-c1ccc(OP(=O)(O)Oc2ccccc2)cc1. The van der Waals surface area contributed by atoms with Gasteiger partial charge in [-0.3, -0.25) is 4.89 Å². The van der Waals surface area contributed by atoms with Crippen LogP contribution in [0.2, 0.25) is 0 Å². The minimum atomic E-state index is -4.26. The molecule has 0 spiro atoms. The topological polar surface area (TPSA) is 55.8 Å². The fraction of sp³-hybridized carbons (Fsp3) is 0.182. The molecule has 0 radical (unpaired) electrons. The third kappa shape index (κ3) is 5.00. The summed E-state index contributed by atoms with van der Waals surface area (Å²) in [5.41, 5.74) is 3.39. The Morgan fingerprint density at radius 3 is 1.85 bits per heavy atom. The van der Waals surface area contributed by atoms with Crippen LogP contribution in [0.1, 0.15) is 26.3 Å². The van der Waals surface area contributed by atoms with Crippen LogP contribution in [0, 0.1) is 0 Å². The smallest absolute Gasteiger partial charge is 0.395 e. The first-order valence-electron chi connectivity index (χ1n) is 8.72. The van der Waals surface area contributed by atoms with Gasteiger partial charge in [0.2, 0.25) is 0 Å². The van der Waals surface area contributed by atoms with E-state index in [1.807, 2.05) is 24.3 Å². The van der Waals surface area contributed by atoms with Crippen LogP contribution in [0.5, 0.6) is 11.5 Å². The zero-order valence-electron chi connectivity index (χ0n) is 15.6. The molecule has 5 heteroatoms. The molecule has 4 nitrogen and oxygen atoms in total. The number of para-hydroxylation sites is 1. The van der Waals surface area contributed by atoms with E-state index in [2.05, 4.69) is 32.9 Å². The highest BCUT2D eigenvalue weighted by molar-refractivity contribution is 7.48. The van der Waals surface area contributed by atoms with Gasteiger partial charge in [-0.15, -0.1) is 0 Å². The normalized spacial score (nSPS) is 13.6. The first-order chi connectivity index (χ1) is 12.7. The summed E-state index contributed by atoms with van der Waals surface area (Å²) >= 11 is 0. The van der Waals surface area contributed by atoms with Crippen LogP contribution in [0.25, 0.3) is 11.1 Å². The third-order valence-corrected chi connectivity index (χ3v) is 4.97. The van der Waals surface area contributed by atoms with Gasteiger partial charge in [-0.2, -0.15) is 0 Å². The highest BCUT2D eigenvalue weighted by Crippen LogP contribution is 2.44. The Hall–Kier alpha value is -2.55. The first kappa shape index (κ1) is 19.2. The molecule has 1 atom stereocenters. The average Bonchev–Trinajstić information content (AvgIpc) is 2.62. The summed E-state index contributed by atoms with van der Waals surface area (Å²) < 4.78 is 22.5. The molecule has 27 heavy (non-hydrogen) atoms. The van der Waals surface area contributed by atoms with Crippen LogP contribution >= 0.6 is 7.82 Å². The zero-order chi connectivity index (χ0) is 19.5. The Kier molecular flexibility index (Phi) is 5.41. The predicted octanol–water partition coefficient (Wildman–Crippen LogP) is 6.21. The molecule has 140 valence electrons. The van der Waals surface area contributed by atoms with Gasteiger partial charge >= 0.3 is 7.82 Å². The lowest BCUT2D eigenvalue weighted by Crippen LogP contribution is -2.12. The lowest BCUT2D eigenvalue weighted by molar-refractivity contribution is 0.291. The van der Waals surface area contributed by atoms with E-state index in [9.17, 15) is 9.46 Å². The maximum absolute atomic E-state index is 12.2. The van der Waals surface area contributed by atoms with Crippen molar-refractivity contribution in [1.29, 1.82) is 0 Å². The number of hydrogen-bond donors (Lipinski definition) is 1. The Morgan fingerprint density at radius 2 is 1.26 bits per heavy atom. The van der Waals surface area contributed by atoms with Gasteiger partial charge in [-0.1, -0.05) is 75.4 Å². The molecule has 0 fully saturated rings. The average molecular weight is 382 g/mol. The number of phosphoric acid groups is 1. The quantitative estimate of drug-likeness (QED) is 0.533. The van der Waals surface area contributed by atoms with E-state index in [0.29, 0.717) is 0 Å². The van der Waals surface area contributed by atoms with Gasteiger partial charge in [0, 0.05) is 0 Å². The molecule has 3 rings (SSSR count). The lowest BCUT2D eigenvalue weighted by atomic mass is 9.82. The van der Waals surface area contributed by atoms with E-state index in [-0.39, 0.29) is 16.9 Å². The molecule has 1 unspecified atom stereocenters. The minimum Gasteiger partial charge on any atom is -0.395 e. The highest BCUT2D eigenvalue weighted by Gasteiger charge is 2.25. The summed E-state index contributed by atoms with van der Waals surface area (Å²) in [7, 11) is -4.26. The maximum atomic E-state index is 12.2. The van der Waals surface area contributed by atoms with Crippen LogP contribution in [-0.4, -0.2) is 4.89 Å². The van der Waals surface area contributed by atoms with Gasteiger partial charge in [0.25, 0.3) is 0 Å². The fourth-order valence-corrected chi connectivity index (χ4v) is 3.66. The molecule has 0 amide bonds. The van der Waals surface area contributed by atoms with Crippen molar-refractivity contribution in [2.24, 2.45) is 0 Å². The summed E-state index contributed by atoms with van der Waals surface area (Å²) in [5.74, 6) is 0.549. The minimum absolute atomic E-state index is 0.0100. The lowest BCUT2D eigenvalue weighted by Gasteiger charge is -2.23. The Morgan fingerprint density at radius 1 is 0.741 bits per heavy atom. The molecule has 3 aromatic rings. The van der Waals surface area contributed by atoms with Gasteiger partial charge in [0.15, 0.2) is 0 Å². The first-order valence-corrected chi connectivity index (χ1v) is 10.2. The van der Waals surface area contributed by atoms with Crippen molar-refractivity contribution in [3.8, 4) is 22.6 Å². The van der Waals surface area contributed by atoms with Crippen molar-refractivity contribution in [2.75, 3.05) is 0 Å². The Balaban J connectivity index is 1.79. The predicted molar refractivity (Wildman–Crippen MR) is 108 cm³/mol. The van der Waals surface area contributed by atoms with E-state index < -0.39 is 7.82 Å². The Bertz CT molecular complexity index is 944. The molecule has 0 aliphatic heterocycles. The van der Waals surface area contributed by atoms with Crippen molar-refractivity contribution in [3.63, 3.8) is 0 Å². The summed E-state index contributed by atoms with van der Waals surface area (Å²) in [6.07, 6.45) is 0. The number of benzene rings is 3. The second-order valence-electron chi connectivity index (χ2n) is 7.28. The maximum Gasteiger partial charge on any atom is 0.584 e. The molecule has 0 bridgehead atoms. The van der Waals surface area contributed by atoms with Crippen LogP contribution in [0.4, 0.5) is 0 Å². The van der Waals surface area contributed by atoms with Crippen LogP contribution < -0.4 is 9.05 Å². The van der Waals surface area contributed by atoms with Gasteiger partial charge in [0.05, 0.1) is 0 Å². The third-order valence-electron chi connectivity index (χ3n) is 4.09. The van der Waals surface area contributed by atoms with Gasteiger partial charge in [0.1, 0.15) is 11.5 Å². The van der Waals surface area contributed by atoms with Crippen LogP contribution in [-0.2, 0) is 9.98 Å². The molecular weight excluding hydrogens is 359 g/mol. The second-order valence-corrected chi connectivity index (χ2v) is 8.59. The van der Waals surface area contributed by atoms with Gasteiger partial charge < -0.3 is 9.05 Å². The summed E-state index contributed by atoms with van der Waals surface area (Å²) in [6.45, 7) is 6.52. The van der Waals surface area contributed by atoms with Crippen molar-refractivity contribution in [3.05, 3.63) is 84.4 Å². The van der Waals surface area contributed by atoms with E-state index in [1.54, 1.807) is 42.5 Å². The molecule has 0 heterocycles. The van der Waals surface area contributed by atoms with Crippen molar-refractivity contribution in [1.82, 2.24) is 0 Å². The fourth-order valence-electron chi connectivity index (χ4n) is 2.85. The molecule has 0 aliphatic carbocycles. The number of hydrogen-bond acceptors (Lipinski definition) is 3. The standard InChI is InChI=1S/C22H23O4P/c1-22(2,3)21-12-8-7-11-20(21)17-13-15-19(16-14-17)26-27(23,24)25-18-9-5-4-6-10-18/h4-16H,1-3H3,(H,23,24). The largest absolute Gasteiger partial charge is 0.584 e. The van der Waals surface area contributed by atoms with E-state index in [0.717, 1.165) is 11.1 Å². The number of phosphoric ester groups is 1. The monoisotopic (exact) mass is 382 g/mol. The zero-order valence-corrected chi connectivity index (χ0v) is 16.5. The van der Waals surface area contributed by atoms with E-state index in [4.69, 9.17) is 9.05 Å². The summed E-state index contributed by atoms with van der Waals surface area (Å²) in [4.78, 5) is 9.97. The summed E-state index contributed by atoms with van der Waals surface area (Å²) in [5, 5.41) is 0. The van der Waals surface area contributed by atoms with E-state index in [1.165, 1.54) is 5.56 Å². The van der Waals surface area contributed by atoms with Crippen LogP contribution in [0.15, 0.2) is 78.9 Å². The molecule has 3 aromatic carbocycles. The Labute approximate surface area is 160 Å². The van der Waals surface area contributed by atoms with Crippen molar-refractivity contribution < 1.29 is 18.5 Å². The molecule has 0 aliphatic rings. The molecule has 0 saturated heterocycles. The van der Waals surface area contributed by atoms with Crippen molar-refractivity contribution >= 4 is 7.82 Å². The highest BCUT2D eigenvalue weighted by atomic mass is 31.2. The summed E-state index contributed by atoms with van der Waals surface area (Å²) in [6, 6.07) is 23.8. The molecular formula is C22H23O4P. The molecule has 1 N–H and O–H groups in total. The van der Waals surface area contributed by atoms with Crippen LogP contribution in [0.3, 0.4) is 0 Å². The molecule has 0 aromatic heterocycles. The number of rotatable bonds is 5.